The van der Waals surface area contributed by atoms with Crippen molar-refractivity contribution in [1.82, 2.24) is 0 Å². The number of phenolic OH excluding ortho intramolecular Hbond substituents is 1. The van der Waals surface area contributed by atoms with Crippen molar-refractivity contribution in [2.24, 2.45) is 0 Å². The standard InChI is InChI=1S/C13H14F6O/c1-2-3-4-8-7-9(5-6-10(8)20)12(15,16)11(14)13(17,18)19/h5-7,11,20H,2-4H2,1H3. The predicted molar refractivity (Wildman–Crippen MR) is 61.6 cm³/mol. The Labute approximate surface area is 112 Å². The lowest BCUT2D eigenvalue weighted by atomic mass is 9.98. The molecule has 0 aliphatic rings. The van der Waals surface area contributed by atoms with Gasteiger partial charge in [-0.05, 0) is 36.6 Å². The molecule has 0 bridgehead atoms. The summed E-state index contributed by atoms with van der Waals surface area (Å²) in [6, 6.07) is 2.18. The zero-order valence-electron chi connectivity index (χ0n) is 10.6. The molecular weight excluding hydrogens is 286 g/mol. The van der Waals surface area contributed by atoms with Gasteiger partial charge in [0.25, 0.3) is 6.17 Å². The van der Waals surface area contributed by atoms with Crippen LogP contribution in [0, 0.1) is 0 Å². The highest BCUT2D eigenvalue weighted by Gasteiger charge is 2.57. The van der Waals surface area contributed by atoms with Crippen molar-refractivity contribution < 1.29 is 31.4 Å². The van der Waals surface area contributed by atoms with Crippen LogP contribution in [0.1, 0.15) is 30.9 Å². The molecule has 0 amide bonds. The van der Waals surface area contributed by atoms with Gasteiger partial charge >= 0.3 is 12.1 Å². The average Bonchev–Trinajstić information content (AvgIpc) is 2.35. The van der Waals surface area contributed by atoms with Gasteiger partial charge in [-0.15, -0.1) is 0 Å². The smallest absolute Gasteiger partial charge is 0.426 e. The van der Waals surface area contributed by atoms with E-state index in [0.717, 1.165) is 12.1 Å². The van der Waals surface area contributed by atoms with Crippen molar-refractivity contribution in [2.45, 2.75) is 44.5 Å². The predicted octanol–water partition coefficient (Wildman–Crippen LogP) is 4.73. The number of rotatable bonds is 5. The molecule has 0 aliphatic carbocycles. The fraction of sp³-hybridized carbons (Fsp3) is 0.538. The van der Waals surface area contributed by atoms with Crippen LogP contribution in [0.3, 0.4) is 0 Å². The van der Waals surface area contributed by atoms with Gasteiger partial charge in [-0.2, -0.15) is 22.0 Å². The molecule has 1 rings (SSSR count). The van der Waals surface area contributed by atoms with Gasteiger partial charge in [0.1, 0.15) is 5.75 Å². The topological polar surface area (TPSA) is 20.2 Å². The minimum absolute atomic E-state index is 0.0819. The second-order valence-electron chi connectivity index (χ2n) is 4.47. The van der Waals surface area contributed by atoms with E-state index in [1.54, 1.807) is 0 Å². The minimum atomic E-state index is -5.65. The maximum atomic E-state index is 13.5. The van der Waals surface area contributed by atoms with E-state index in [1.807, 2.05) is 6.92 Å². The highest BCUT2D eigenvalue weighted by atomic mass is 19.4. The Bertz CT molecular complexity index is 455. The third kappa shape index (κ3) is 3.58. The molecule has 20 heavy (non-hydrogen) atoms. The Balaban J connectivity index is 3.12. The van der Waals surface area contributed by atoms with E-state index in [2.05, 4.69) is 0 Å². The first-order chi connectivity index (χ1) is 9.10. The zero-order valence-corrected chi connectivity index (χ0v) is 10.6. The van der Waals surface area contributed by atoms with Crippen molar-refractivity contribution in [1.29, 1.82) is 0 Å². The van der Waals surface area contributed by atoms with Gasteiger partial charge in [0.05, 0.1) is 0 Å². The van der Waals surface area contributed by atoms with Gasteiger partial charge in [0, 0.05) is 5.56 Å². The summed E-state index contributed by atoms with van der Waals surface area (Å²) in [5.74, 6) is -4.98. The van der Waals surface area contributed by atoms with Crippen LogP contribution in [0.4, 0.5) is 26.3 Å². The molecule has 0 heterocycles. The minimum Gasteiger partial charge on any atom is -0.508 e. The maximum absolute atomic E-state index is 13.5. The number of aromatic hydroxyl groups is 1. The van der Waals surface area contributed by atoms with Crippen molar-refractivity contribution in [3.63, 3.8) is 0 Å². The van der Waals surface area contributed by atoms with E-state index in [0.29, 0.717) is 18.9 Å². The number of unbranched alkanes of at least 4 members (excludes halogenated alkanes) is 1. The summed E-state index contributed by atoms with van der Waals surface area (Å²) in [6.07, 6.45) is -8.41. The van der Waals surface area contributed by atoms with Gasteiger partial charge in [-0.3, -0.25) is 0 Å². The molecule has 7 heteroatoms. The van der Waals surface area contributed by atoms with Crippen LogP contribution < -0.4 is 0 Å². The molecule has 1 nitrogen and oxygen atoms in total. The molecule has 1 N–H and O–H groups in total. The average molecular weight is 300 g/mol. The second kappa shape index (κ2) is 5.93. The van der Waals surface area contributed by atoms with E-state index >= 15 is 0 Å². The van der Waals surface area contributed by atoms with Crippen LogP contribution in [0.15, 0.2) is 18.2 Å². The number of hydrogen-bond acceptors (Lipinski definition) is 1. The summed E-state index contributed by atoms with van der Waals surface area (Å²) in [7, 11) is 0. The van der Waals surface area contributed by atoms with Gasteiger partial charge in [-0.1, -0.05) is 13.3 Å². The molecule has 1 atom stereocenters. The Morgan fingerprint density at radius 1 is 1.15 bits per heavy atom. The summed E-state index contributed by atoms with van der Waals surface area (Å²) < 4.78 is 76.3. The number of phenols is 1. The number of alkyl halides is 6. The van der Waals surface area contributed by atoms with Gasteiger partial charge in [0.2, 0.25) is 0 Å². The lowest BCUT2D eigenvalue weighted by molar-refractivity contribution is -0.248. The van der Waals surface area contributed by atoms with Crippen molar-refractivity contribution >= 4 is 0 Å². The fourth-order valence-electron chi connectivity index (χ4n) is 1.71. The zero-order chi connectivity index (χ0) is 15.6. The van der Waals surface area contributed by atoms with Crippen LogP contribution in [-0.4, -0.2) is 17.5 Å². The third-order valence-electron chi connectivity index (χ3n) is 2.87. The second-order valence-corrected chi connectivity index (χ2v) is 4.47. The molecule has 0 aromatic heterocycles. The molecule has 0 aliphatic heterocycles. The molecule has 1 unspecified atom stereocenters. The molecule has 0 spiro atoms. The van der Waals surface area contributed by atoms with E-state index < -0.39 is 23.8 Å². The highest BCUT2D eigenvalue weighted by molar-refractivity contribution is 5.38. The lowest BCUT2D eigenvalue weighted by Gasteiger charge is -2.23. The van der Waals surface area contributed by atoms with E-state index in [9.17, 15) is 31.4 Å². The summed E-state index contributed by atoms with van der Waals surface area (Å²) in [4.78, 5) is 0. The van der Waals surface area contributed by atoms with Crippen molar-refractivity contribution in [3.8, 4) is 5.75 Å². The monoisotopic (exact) mass is 300 g/mol. The van der Waals surface area contributed by atoms with Gasteiger partial charge < -0.3 is 5.11 Å². The largest absolute Gasteiger partial charge is 0.508 e. The number of halogens is 6. The summed E-state index contributed by atoms with van der Waals surface area (Å²) in [6.45, 7) is 1.83. The molecular formula is C13H14F6O. The van der Waals surface area contributed by atoms with Crippen LogP contribution in [0.2, 0.25) is 0 Å². The third-order valence-corrected chi connectivity index (χ3v) is 2.87. The van der Waals surface area contributed by atoms with Crippen LogP contribution in [0.5, 0.6) is 5.75 Å². The lowest BCUT2D eigenvalue weighted by Crippen LogP contribution is -2.39. The Hall–Kier alpha value is -1.40. The first-order valence-electron chi connectivity index (χ1n) is 6.01. The van der Waals surface area contributed by atoms with Crippen molar-refractivity contribution in [3.05, 3.63) is 29.3 Å². The summed E-state index contributed by atoms with van der Waals surface area (Å²) >= 11 is 0. The fourth-order valence-corrected chi connectivity index (χ4v) is 1.71. The molecule has 0 saturated carbocycles. The summed E-state index contributed by atoms with van der Waals surface area (Å²) in [5, 5.41) is 9.46. The normalized spacial score (nSPS) is 14.3. The van der Waals surface area contributed by atoms with Crippen LogP contribution in [-0.2, 0) is 12.3 Å². The van der Waals surface area contributed by atoms with Crippen molar-refractivity contribution in [2.75, 3.05) is 0 Å². The molecule has 0 saturated heterocycles. The number of benzene rings is 1. The van der Waals surface area contributed by atoms with Gasteiger partial charge in [-0.25, -0.2) is 4.39 Å². The molecule has 0 radical (unpaired) electrons. The highest BCUT2D eigenvalue weighted by Crippen LogP contribution is 2.42. The SMILES string of the molecule is CCCCc1cc(C(F)(F)C(F)C(F)(F)F)ccc1O. The Kier molecular flexibility index (Phi) is 4.94. The first kappa shape index (κ1) is 16.7. The Morgan fingerprint density at radius 3 is 2.25 bits per heavy atom. The quantitative estimate of drug-likeness (QED) is 0.780. The number of hydrogen-bond donors (Lipinski definition) is 1. The Morgan fingerprint density at radius 2 is 1.75 bits per heavy atom. The molecule has 1 aromatic carbocycles. The number of aryl methyl sites for hydroxylation is 1. The molecule has 114 valence electrons. The summed E-state index contributed by atoms with van der Waals surface area (Å²) in [5.41, 5.74) is -1.01. The molecule has 1 aromatic rings. The van der Waals surface area contributed by atoms with E-state index in [-0.39, 0.29) is 17.7 Å². The first-order valence-corrected chi connectivity index (χ1v) is 6.01. The van der Waals surface area contributed by atoms with Crippen LogP contribution in [0.25, 0.3) is 0 Å². The molecule has 0 fully saturated rings. The van der Waals surface area contributed by atoms with Gasteiger partial charge in [0.15, 0.2) is 0 Å². The van der Waals surface area contributed by atoms with E-state index in [4.69, 9.17) is 0 Å². The van der Waals surface area contributed by atoms with Crippen LogP contribution >= 0.6 is 0 Å². The van der Waals surface area contributed by atoms with E-state index in [1.165, 1.54) is 0 Å². The maximum Gasteiger partial charge on any atom is 0.426 e.